The van der Waals surface area contributed by atoms with Crippen LogP contribution in [0.2, 0.25) is 0 Å². The van der Waals surface area contributed by atoms with Crippen molar-refractivity contribution in [3.8, 4) is 29.4 Å². The molecule has 0 bridgehead atoms. The number of hydrogen-bond acceptors (Lipinski definition) is 5. The molecule has 2 N–H and O–H groups in total. The van der Waals surface area contributed by atoms with Crippen LogP contribution in [-0.2, 0) is 0 Å². The molecule has 0 saturated carbocycles. The maximum atomic E-state index is 5.61. The number of H-pyrrole nitrogens is 1. The zero-order chi connectivity index (χ0) is 20.5. The predicted molar refractivity (Wildman–Crippen MR) is 119 cm³/mol. The Morgan fingerprint density at radius 1 is 1.07 bits per heavy atom. The van der Waals surface area contributed by atoms with Gasteiger partial charge in [-0.25, -0.2) is 9.97 Å². The molecular weight excluding hydrogens is 374 g/mol. The van der Waals surface area contributed by atoms with Crippen LogP contribution in [0.4, 0.5) is 11.5 Å². The highest BCUT2D eigenvalue weighted by Crippen LogP contribution is 2.35. The quantitative estimate of drug-likeness (QED) is 0.426. The van der Waals surface area contributed by atoms with Gasteiger partial charge in [-0.2, -0.15) is 0 Å². The molecule has 3 aromatic heterocycles. The fourth-order valence-electron chi connectivity index (χ4n) is 3.48. The molecule has 0 amide bonds. The lowest BCUT2D eigenvalue weighted by molar-refractivity contribution is 0.417. The van der Waals surface area contributed by atoms with Crippen molar-refractivity contribution in [3.05, 3.63) is 72.8 Å². The number of aromatic nitrogens is 4. The van der Waals surface area contributed by atoms with Gasteiger partial charge in [0.15, 0.2) is 0 Å². The van der Waals surface area contributed by atoms with Gasteiger partial charge in [-0.1, -0.05) is 6.07 Å². The maximum Gasteiger partial charge on any atom is 0.207 e. The molecule has 6 heteroatoms. The van der Waals surface area contributed by atoms with E-state index in [0.29, 0.717) is 22.9 Å². The van der Waals surface area contributed by atoms with Crippen LogP contribution in [0, 0.1) is 12.3 Å². The van der Waals surface area contributed by atoms with Gasteiger partial charge < -0.3 is 15.0 Å². The molecule has 0 radical (unpaired) electrons. The summed E-state index contributed by atoms with van der Waals surface area (Å²) in [5.74, 6) is 4.14. The van der Waals surface area contributed by atoms with Crippen LogP contribution in [0.1, 0.15) is 5.82 Å². The molecule has 0 aliphatic heterocycles. The smallest absolute Gasteiger partial charge is 0.207 e. The van der Waals surface area contributed by atoms with Crippen LogP contribution < -0.4 is 10.1 Å². The second kappa shape index (κ2) is 7.22. The van der Waals surface area contributed by atoms with Gasteiger partial charge in [-0.15, -0.1) is 6.42 Å². The van der Waals surface area contributed by atoms with Crippen LogP contribution in [0.25, 0.3) is 33.1 Å². The van der Waals surface area contributed by atoms with Gasteiger partial charge in [-0.05, 0) is 48.4 Å². The topological polar surface area (TPSA) is 75.7 Å². The zero-order valence-electron chi connectivity index (χ0n) is 16.2. The standard InChI is InChI=1S/C24H17N5O/c1-3-23-28-21-14-22(30-2)17(20-6-4-5-10-25-20)13-18(21)24(29-23)27-16-7-8-19-15(12-16)9-11-26-19/h1,4-14,26H,2H3,(H,27,28,29). The molecule has 30 heavy (non-hydrogen) atoms. The Kier molecular flexibility index (Phi) is 4.26. The van der Waals surface area contributed by atoms with Gasteiger partial charge in [0.2, 0.25) is 5.82 Å². The highest BCUT2D eigenvalue weighted by atomic mass is 16.5. The van der Waals surface area contributed by atoms with Gasteiger partial charge in [0.25, 0.3) is 0 Å². The predicted octanol–water partition coefficient (Wildman–Crippen LogP) is 4.91. The monoisotopic (exact) mass is 391 g/mol. The van der Waals surface area contributed by atoms with Crippen LogP contribution in [0.3, 0.4) is 0 Å². The first-order valence-corrected chi connectivity index (χ1v) is 9.37. The van der Waals surface area contributed by atoms with Crippen LogP contribution in [-0.4, -0.2) is 27.0 Å². The first-order chi connectivity index (χ1) is 14.7. The van der Waals surface area contributed by atoms with E-state index < -0.39 is 0 Å². The van der Waals surface area contributed by atoms with E-state index in [4.69, 9.17) is 11.2 Å². The van der Waals surface area contributed by atoms with Crippen LogP contribution >= 0.6 is 0 Å². The highest BCUT2D eigenvalue weighted by Gasteiger charge is 2.14. The number of ether oxygens (including phenoxy) is 1. The first kappa shape index (κ1) is 17.7. The Morgan fingerprint density at radius 3 is 2.80 bits per heavy atom. The molecular formula is C24H17N5O. The molecule has 2 aromatic carbocycles. The molecule has 0 fully saturated rings. The summed E-state index contributed by atoms with van der Waals surface area (Å²) in [5.41, 5.74) is 4.32. The SMILES string of the molecule is C#Cc1nc(Nc2ccc3[nH]ccc3c2)c2cc(-c3ccccn3)c(OC)cc2n1. The third kappa shape index (κ3) is 3.09. The van der Waals surface area contributed by atoms with Crippen LogP contribution in [0.5, 0.6) is 5.75 Å². The summed E-state index contributed by atoms with van der Waals surface area (Å²) < 4.78 is 5.60. The van der Waals surface area contributed by atoms with E-state index >= 15 is 0 Å². The van der Waals surface area contributed by atoms with Gasteiger partial charge in [0.1, 0.15) is 11.6 Å². The van der Waals surface area contributed by atoms with Gasteiger partial charge in [0, 0.05) is 46.0 Å². The van der Waals surface area contributed by atoms with Crippen molar-refractivity contribution in [2.75, 3.05) is 12.4 Å². The molecule has 3 heterocycles. The highest BCUT2D eigenvalue weighted by molar-refractivity contribution is 5.96. The number of rotatable bonds is 4. The van der Waals surface area contributed by atoms with E-state index in [0.717, 1.165) is 33.2 Å². The lowest BCUT2D eigenvalue weighted by Crippen LogP contribution is -2.01. The number of anilines is 2. The first-order valence-electron chi connectivity index (χ1n) is 9.37. The summed E-state index contributed by atoms with van der Waals surface area (Å²) in [6, 6.07) is 17.7. The summed E-state index contributed by atoms with van der Waals surface area (Å²) in [4.78, 5) is 16.7. The zero-order valence-corrected chi connectivity index (χ0v) is 16.2. The Balaban J connectivity index is 1.70. The number of nitrogens with one attached hydrogen (secondary N) is 2. The lowest BCUT2D eigenvalue weighted by Gasteiger charge is -2.13. The third-order valence-corrected chi connectivity index (χ3v) is 4.90. The Labute approximate surface area is 173 Å². The van der Waals surface area contributed by atoms with E-state index in [9.17, 15) is 0 Å². The molecule has 0 aliphatic carbocycles. The van der Waals surface area contributed by atoms with Crippen LogP contribution in [0.15, 0.2) is 67.0 Å². The Bertz CT molecular complexity index is 1420. The van der Waals surface area contributed by atoms with Crippen molar-refractivity contribution in [3.63, 3.8) is 0 Å². The molecule has 6 nitrogen and oxygen atoms in total. The number of hydrogen-bond donors (Lipinski definition) is 2. The number of methoxy groups -OCH3 is 1. The summed E-state index contributed by atoms with van der Waals surface area (Å²) in [6.07, 6.45) is 9.27. The third-order valence-electron chi connectivity index (χ3n) is 4.90. The second-order valence-electron chi connectivity index (χ2n) is 6.73. The largest absolute Gasteiger partial charge is 0.496 e. The van der Waals surface area contributed by atoms with E-state index in [2.05, 4.69) is 37.2 Å². The molecule has 0 aliphatic rings. The second-order valence-corrected chi connectivity index (χ2v) is 6.73. The molecule has 0 spiro atoms. The van der Waals surface area contributed by atoms with Crippen molar-refractivity contribution in [1.82, 2.24) is 19.9 Å². The molecule has 0 saturated heterocycles. The van der Waals surface area contributed by atoms with Crippen molar-refractivity contribution >= 4 is 33.3 Å². The summed E-state index contributed by atoms with van der Waals surface area (Å²) in [5, 5.41) is 5.32. The number of aromatic amines is 1. The Hall–Kier alpha value is -4.37. The fourth-order valence-corrected chi connectivity index (χ4v) is 3.48. The molecule has 5 aromatic rings. The van der Waals surface area contributed by atoms with Gasteiger partial charge in [0.05, 0.1) is 18.3 Å². The van der Waals surface area contributed by atoms with Crippen molar-refractivity contribution < 1.29 is 4.74 Å². The molecule has 0 unspecified atom stereocenters. The van der Waals surface area contributed by atoms with Gasteiger partial charge in [-0.3, -0.25) is 4.98 Å². The normalized spacial score (nSPS) is 10.8. The lowest BCUT2D eigenvalue weighted by atomic mass is 10.1. The summed E-state index contributed by atoms with van der Waals surface area (Å²) >= 11 is 0. The Morgan fingerprint density at radius 2 is 2.00 bits per heavy atom. The van der Waals surface area contributed by atoms with E-state index in [1.807, 2.05) is 54.7 Å². The number of fused-ring (bicyclic) bond motifs is 2. The number of benzene rings is 2. The summed E-state index contributed by atoms with van der Waals surface area (Å²) in [7, 11) is 1.63. The van der Waals surface area contributed by atoms with E-state index in [1.165, 1.54) is 0 Å². The number of pyridine rings is 1. The molecule has 0 atom stereocenters. The minimum Gasteiger partial charge on any atom is -0.496 e. The summed E-state index contributed by atoms with van der Waals surface area (Å²) in [6.45, 7) is 0. The molecule has 144 valence electrons. The minimum atomic E-state index is 0.306. The minimum absolute atomic E-state index is 0.306. The van der Waals surface area contributed by atoms with Crippen molar-refractivity contribution in [2.45, 2.75) is 0 Å². The van der Waals surface area contributed by atoms with E-state index in [-0.39, 0.29) is 0 Å². The number of nitrogens with zero attached hydrogens (tertiary/aromatic N) is 3. The van der Waals surface area contributed by atoms with E-state index in [1.54, 1.807) is 13.3 Å². The fraction of sp³-hybridized carbons (Fsp3) is 0.0417. The van der Waals surface area contributed by atoms with Gasteiger partial charge >= 0.3 is 0 Å². The molecule has 5 rings (SSSR count). The van der Waals surface area contributed by atoms with Crippen molar-refractivity contribution in [2.24, 2.45) is 0 Å². The average Bonchev–Trinajstić information content (AvgIpc) is 3.26. The van der Waals surface area contributed by atoms with Crippen molar-refractivity contribution in [1.29, 1.82) is 0 Å². The average molecular weight is 391 g/mol. The maximum absolute atomic E-state index is 5.61. The number of terminal acetylenes is 1.